The smallest absolute Gasteiger partial charge is 0.247 e. The first-order valence-corrected chi connectivity index (χ1v) is 4.61. The molecule has 0 aliphatic heterocycles. The van der Waals surface area contributed by atoms with Crippen LogP contribution >= 0.6 is 0 Å². The van der Waals surface area contributed by atoms with Crippen molar-refractivity contribution in [2.24, 2.45) is 5.73 Å². The molecule has 3 N–H and O–H groups in total. The molecule has 0 aromatic heterocycles. The Bertz CT molecular complexity index is 375. The molecule has 0 aliphatic carbocycles. The van der Waals surface area contributed by atoms with Crippen molar-refractivity contribution in [3.8, 4) is 0 Å². The Kier molecular flexibility index (Phi) is 3.09. The molecule has 1 rings (SSSR count). The van der Waals surface area contributed by atoms with Crippen LogP contribution in [0.25, 0.3) is 0 Å². The minimum Gasteiger partial charge on any atom is -0.367 e. The van der Waals surface area contributed by atoms with E-state index in [1.54, 1.807) is 31.2 Å². The average molecular weight is 206 g/mol. The van der Waals surface area contributed by atoms with Crippen LogP contribution < -0.4 is 11.1 Å². The highest BCUT2D eigenvalue weighted by Gasteiger charge is 2.33. The molecule has 0 heterocycles. The van der Waals surface area contributed by atoms with Crippen molar-refractivity contribution in [1.29, 1.82) is 0 Å². The molecule has 15 heavy (non-hydrogen) atoms. The molecule has 1 aromatic rings. The van der Waals surface area contributed by atoms with Gasteiger partial charge in [-0.05, 0) is 12.5 Å². The Balaban J connectivity index is 3.13. The van der Waals surface area contributed by atoms with Crippen LogP contribution in [0.5, 0.6) is 0 Å². The summed E-state index contributed by atoms with van der Waals surface area (Å²) >= 11 is 0. The topological polar surface area (TPSA) is 72.2 Å². The minimum atomic E-state index is -1.15. The van der Waals surface area contributed by atoms with Gasteiger partial charge in [0.2, 0.25) is 11.8 Å². The fraction of sp³-hybridized carbons (Fsp3) is 0.273. The second-order valence-electron chi connectivity index (χ2n) is 3.54. The molecule has 2 amide bonds. The third kappa shape index (κ3) is 2.34. The number of hydrogen-bond donors (Lipinski definition) is 2. The standard InChI is InChI=1S/C11H14N2O2/c1-8(14)13-11(2,10(12)15)9-6-4-3-5-7-9/h3-7H,1-2H3,(H2,12,15)(H,13,14). The zero-order valence-corrected chi connectivity index (χ0v) is 8.78. The summed E-state index contributed by atoms with van der Waals surface area (Å²) in [4.78, 5) is 22.4. The van der Waals surface area contributed by atoms with E-state index in [2.05, 4.69) is 5.32 Å². The van der Waals surface area contributed by atoms with Gasteiger partial charge in [0.05, 0.1) is 0 Å². The van der Waals surface area contributed by atoms with E-state index in [0.29, 0.717) is 5.56 Å². The lowest BCUT2D eigenvalue weighted by Gasteiger charge is -2.27. The molecular weight excluding hydrogens is 192 g/mol. The van der Waals surface area contributed by atoms with Crippen molar-refractivity contribution in [3.63, 3.8) is 0 Å². The second-order valence-corrected chi connectivity index (χ2v) is 3.54. The van der Waals surface area contributed by atoms with E-state index in [-0.39, 0.29) is 5.91 Å². The van der Waals surface area contributed by atoms with E-state index >= 15 is 0 Å². The van der Waals surface area contributed by atoms with Crippen LogP contribution in [0.2, 0.25) is 0 Å². The van der Waals surface area contributed by atoms with E-state index in [1.807, 2.05) is 6.07 Å². The number of rotatable bonds is 3. The van der Waals surface area contributed by atoms with Crippen molar-refractivity contribution < 1.29 is 9.59 Å². The van der Waals surface area contributed by atoms with Crippen LogP contribution in [-0.2, 0) is 15.1 Å². The number of hydrogen-bond acceptors (Lipinski definition) is 2. The molecule has 1 aromatic carbocycles. The highest BCUT2D eigenvalue weighted by atomic mass is 16.2. The lowest BCUT2D eigenvalue weighted by Crippen LogP contribution is -2.52. The number of benzene rings is 1. The first-order chi connectivity index (χ1) is 6.97. The Hall–Kier alpha value is -1.84. The molecule has 0 saturated carbocycles. The maximum atomic E-state index is 11.4. The van der Waals surface area contributed by atoms with Gasteiger partial charge in [-0.2, -0.15) is 0 Å². The predicted molar refractivity (Wildman–Crippen MR) is 56.8 cm³/mol. The van der Waals surface area contributed by atoms with Gasteiger partial charge in [0.25, 0.3) is 0 Å². The molecule has 4 nitrogen and oxygen atoms in total. The van der Waals surface area contributed by atoms with Crippen molar-refractivity contribution in [2.75, 3.05) is 0 Å². The zero-order valence-electron chi connectivity index (χ0n) is 8.78. The first kappa shape index (κ1) is 11.2. The molecular formula is C11H14N2O2. The van der Waals surface area contributed by atoms with E-state index in [0.717, 1.165) is 0 Å². The van der Waals surface area contributed by atoms with Crippen LogP contribution in [0.4, 0.5) is 0 Å². The molecule has 0 aliphatic rings. The molecule has 0 radical (unpaired) electrons. The molecule has 1 unspecified atom stereocenters. The first-order valence-electron chi connectivity index (χ1n) is 4.61. The monoisotopic (exact) mass is 206 g/mol. The summed E-state index contributed by atoms with van der Waals surface area (Å²) in [5.41, 5.74) is 4.83. The van der Waals surface area contributed by atoms with Gasteiger partial charge in [-0.1, -0.05) is 30.3 Å². The maximum absolute atomic E-state index is 11.4. The highest BCUT2D eigenvalue weighted by Crippen LogP contribution is 2.19. The summed E-state index contributed by atoms with van der Waals surface area (Å²) in [5, 5.41) is 2.56. The lowest BCUT2D eigenvalue weighted by atomic mass is 9.91. The summed E-state index contributed by atoms with van der Waals surface area (Å²) in [6.45, 7) is 2.94. The van der Waals surface area contributed by atoms with Gasteiger partial charge in [0, 0.05) is 6.92 Å². The number of primary amides is 1. The summed E-state index contributed by atoms with van der Waals surface area (Å²) in [6, 6.07) is 8.91. The van der Waals surface area contributed by atoms with Crippen LogP contribution in [0.1, 0.15) is 19.4 Å². The number of amides is 2. The van der Waals surface area contributed by atoms with Gasteiger partial charge in [-0.15, -0.1) is 0 Å². The molecule has 0 fully saturated rings. The van der Waals surface area contributed by atoms with Crippen molar-refractivity contribution in [3.05, 3.63) is 35.9 Å². The molecule has 4 heteroatoms. The summed E-state index contributed by atoms with van der Waals surface area (Å²) in [6.07, 6.45) is 0. The van der Waals surface area contributed by atoms with Crippen molar-refractivity contribution >= 4 is 11.8 Å². The molecule has 1 atom stereocenters. The number of carbonyl (C=O) groups excluding carboxylic acids is 2. The lowest BCUT2D eigenvalue weighted by molar-refractivity contribution is -0.130. The normalized spacial score (nSPS) is 14.0. The van der Waals surface area contributed by atoms with E-state index in [1.165, 1.54) is 6.92 Å². The molecule has 80 valence electrons. The Morgan fingerprint density at radius 2 is 1.80 bits per heavy atom. The quantitative estimate of drug-likeness (QED) is 0.756. The summed E-state index contributed by atoms with van der Waals surface area (Å²) < 4.78 is 0. The molecule has 0 spiro atoms. The van der Waals surface area contributed by atoms with Gasteiger partial charge in [0.15, 0.2) is 0 Å². The third-order valence-corrected chi connectivity index (χ3v) is 2.27. The van der Waals surface area contributed by atoms with Crippen LogP contribution in [0, 0.1) is 0 Å². The van der Waals surface area contributed by atoms with Crippen molar-refractivity contribution in [1.82, 2.24) is 5.32 Å². The van der Waals surface area contributed by atoms with Crippen molar-refractivity contribution in [2.45, 2.75) is 19.4 Å². The van der Waals surface area contributed by atoms with Gasteiger partial charge in [0.1, 0.15) is 5.54 Å². The number of nitrogens with two attached hydrogens (primary N) is 1. The fourth-order valence-electron chi connectivity index (χ4n) is 1.40. The molecule has 0 bridgehead atoms. The van der Waals surface area contributed by atoms with E-state index in [4.69, 9.17) is 5.73 Å². The fourth-order valence-corrected chi connectivity index (χ4v) is 1.40. The SMILES string of the molecule is CC(=O)NC(C)(C(N)=O)c1ccccc1. The van der Waals surface area contributed by atoms with Crippen LogP contribution in [-0.4, -0.2) is 11.8 Å². The number of nitrogens with one attached hydrogen (secondary N) is 1. The zero-order chi connectivity index (χ0) is 11.5. The third-order valence-electron chi connectivity index (χ3n) is 2.27. The average Bonchev–Trinajstić information content (AvgIpc) is 2.17. The minimum absolute atomic E-state index is 0.292. The molecule has 0 saturated heterocycles. The Labute approximate surface area is 88.5 Å². The Morgan fingerprint density at radius 1 is 1.27 bits per heavy atom. The largest absolute Gasteiger partial charge is 0.367 e. The predicted octanol–water partition coefficient (Wildman–Crippen LogP) is 0.523. The van der Waals surface area contributed by atoms with Crippen LogP contribution in [0.15, 0.2) is 30.3 Å². The van der Waals surface area contributed by atoms with E-state index in [9.17, 15) is 9.59 Å². The summed E-state index contributed by atoms with van der Waals surface area (Å²) in [5.74, 6) is -0.871. The maximum Gasteiger partial charge on any atom is 0.247 e. The Morgan fingerprint density at radius 3 is 2.20 bits per heavy atom. The van der Waals surface area contributed by atoms with Gasteiger partial charge in [-0.3, -0.25) is 9.59 Å². The van der Waals surface area contributed by atoms with E-state index < -0.39 is 11.4 Å². The van der Waals surface area contributed by atoms with Gasteiger partial charge in [-0.25, -0.2) is 0 Å². The van der Waals surface area contributed by atoms with Crippen LogP contribution in [0.3, 0.4) is 0 Å². The number of carbonyl (C=O) groups is 2. The highest BCUT2D eigenvalue weighted by molar-refractivity contribution is 5.90. The second kappa shape index (κ2) is 4.13. The van der Waals surface area contributed by atoms with Gasteiger partial charge < -0.3 is 11.1 Å². The summed E-state index contributed by atoms with van der Waals surface area (Å²) in [7, 11) is 0. The van der Waals surface area contributed by atoms with Gasteiger partial charge >= 0.3 is 0 Å².